The molecule has 0 saturated carbocycles. The second kappa shape index (κ2) is 16.3. The van der Waals surface area contributed by atoms with E-state index < -0.39 is 16.5 Å². The molecule has 2 heterocycles. The molecule has 2 aromatic rings. The Morgan fingerprint density at radius 1 is 0.621 bits per heavy atom. The Morgan fingerprint density at radius 2 is 0.931 bits per heavy atom. The van der Waals surface area contributed by atoms with Crippen molar-refractivity contribution in [1.82, 2.24) is 0 Å². The van der Waals surface area contributed by atoms with Crippen LogP contribution in [0.3, 0.4) is 0 Å². The van der Waals surface area contributed by atoms with Gasteiger partial charge in [0.25, 0.3) is 0 Å². The first-order valence-electron chi connectivity index (χ1n) is 10.5. The molecule has 0 spiro atoms. The molecule has 0 radical (unpaired) electrons. The van der Waals surface area contributed by atoms with Gasteiger partial charge in [-0.05, 0) is 35.8 Å². The molecule has 0 N–H and O–H groups in total. The molecular weight excluding hydrogens is 582 g/mol. The quantitative estimate of drug-likeness (QED) is 0.344. The third-order valence-electron chi connectivity index (χ3n) is 5.52. The summed E-state index contributed by atoms with van der Waals surface area (Å²) in [4.78, 5) is 0. The van der Waals surface area contributed by atoms with Crippen LogP contribution in [0.25, 0.3) is 10.6 Å². The molecule has 162 valence electrons. The number of piperidine rings is 2. The summed E-state index contributed by atoms with van der Waals surface area (Å²) in [5.41, 5.74) is 2.96. The molecule has 2 aliphatic heterocycles. The Balaban J connectivity index is 0.000000183. The first-order valence-corrected chi connectivity index (χ1v) is 16.1. The molecule has 2 saturated heterocycles. The van der Waals surface area contributed by atoms with Crippen LogP contribution in [0.2, 0.25) is 0 Å². The molecular formula is C24H32Cl2N2Pt. The molecule has 0 unspecified atom stereocenters. The van der Waals surface area contributed by atoms with Gasteiger partial charge in [-0.15, -0.1) is 26.2 Å². The van der Waals surface area contributed by atoms with Gasteiger partial charge in [-0.1, -0.05) is 86.3 Å². The summed E-state index contributed by atoms with van der Waals surface area (Å²) >= 11 is -0.472. The average molecular weight is 615 g/mol. The zero-order valence-electron chi connectivity index (χ0n) is 17.0. The van der Waals surface area contributed by atoms with Crippen LogP contribution in [0.5, 0.6) is 0 Å². The summed E-state index contributed by atoms with van der Waals surface area (Å²) < 4.78 is 0. The van der Waals surface area contributed by atoms with E-state index >= 15 is 0 Å². The number of benzene rings is 2. The number of hydrogen-bond acceptors (Lipinski definition) is 0. The second-order valence-corrected chi connectivity index (χ2v) is 10.9. The fourth-order valence-electron chi connectivity index (χ4n) is 3.91. The molecule has 0 bridgehead atoms. The summed E-state index contributed by atoms with van der Waals surface area (Å²) in [6.45, 7) is 4.32. The number of rotatable bonds is 4. The van der Waals surface area contributed by atoms with Crippen molar-refractivity contribution in [2.75, 3.05) is 26.2 Å². The van der Waals surface area contributed by atoms with Crippen molar-refractivity contribution in [2.24, 2.45) is 11.8 Å². The Bertz CT molecular complexity index is 560. The Hall–Kier alpha value is -0.372. The zero-order chi connectivity index (χ0) is 20.6. The standard InChI is InChI=1S/2C12H16N.2ClH.Pt/c2*1-2-4-11(5-3-1)10-12-6-8-13-9-7-12;;;/h2*1-5,12H,6-10H2;2*1H;/q2*-1;;;+4/p-2. The third-order valence-corrected chi connectivity index (χ3v) is 5.52. The van der Waals surface area contributed by atoms with Crippen LogP contribution in [0.4, 0.5) is 0 Å². The molecule has 5 heteroatoms. The minimum absolute atomic E-state index is 0.472. The van der Waals surface area contributed by atoms with Gasteiger partial charge in [-0.25, -0.2) is 0 Å². The van der Waals surface area contributed by atoms with Crippen LogP contribution in [0.1, 0.15) is 36.8 Å². The van der Waals surface area contributed by atoms with Gasteiger partial charge in [0.1, 0.15) is 0 Å². The van der Waals surface area contributed by atoms with E-state index in [9.17, 15) is 0 Å². The van der Waals surface area contributed by atoms with Crippen molar-refractivity contribution >= 4 is 18.8 Å². The van der Waals surface area contributed by atoms with Crippen molar-refractivity contribution in [3.05, 3.63) is 82.4 Å². The van der Waals surface area contributed by atoms with E-state index in [1.807, 2.05) is 0 Å². The maximum atomic E-state index is 4.88. The van der Waals surface area contributed by atoms with Gasteiger partial charge in [0, 0.05) is 0 Å². The number of hydrogen-bond donors (Lipinski definition) is 0. The molecule has 2 nitrogen and oxygen atoms in total. The molecule has 0 aliphatic carbocycles. The average Bonchev–Trinajstić information content (AvgIpc) is 2.78. The summed E-state index contributed by atoms with van der Waals surface area (Å²) in [7, 11) is 9.75. The minimum Gasteiger partial charge on any atom is -0.662 e. The summed E-state index contributed by atoms with van der Waals surface area (Å²) in [5.74, 6) is 1.75. The Morgan fingerprint density at radius 3 is 1.24 bits per heavy atom. The molecule has 2 aromatic carbocycles. The maximum absolute atomic E-state index is 4.88. The molecule has 29 heavy (non-hydrogen) atoms. The molecule has 4 rings (SSSR count). The minimum atomic E-state index is -0.472. The van der Waals surface area contributed by atoms with Crippen molar-refractivity contribution in [2.45, 2.75) is 38.5 Å². The van der Waals surface area contributed by atoms with E-state index in [1.165, 1.54) is 49.7 Å². The second-order valence-electron chi connectivity index (χ2n) is 7.65. The van der Waals surface area contributed by atoms with Crippen LogP contribution in [-0.4, -0.2) is 26.2 Å². The van der Waals surface area contributed by atoms with E-state index in [-0.39, 0.29) is 0 Å². The first-order chi connectivity index (χ1) is 14.3. The van der Waals surface area contributed by atoms with Gasteiger partial charge in [0.2, 0.25) is 0 Å². The zero-order valence-corrected chi connectivity index (χ0v) is 20.7. The molecule has 2 fully saturated rings. The number of nitrogens with zero attached hydrogens (tertiary/aromatic N) is 2. The monoisotopic (exact) mass is 613 g/mol. The van der Waals surface area contributed by atoms with E-state index in [0.717, 1.165) is 38.0 Å². The van der Waals surface area contributed by atoms with Gasteiger partial charge < -0.3 is 10.6 Å². The van der Waals surface area contributed by atoms with E-state index in [2.05, 4.69) is 71.3 Å². The normalized spacial score (nSPS) is 17.6. The predicted octanol–water partition coefficient (Wildman–Crippen LogP) is 7.40. The van der Waals surface area contributed by atoms with Gasteiger partial charge in [0.05, 0.1) is 0 Å². The van der Waals surface area contributed by atoms with E-state index in [0.29, 0.717) is 0 Å². The smallest absolute Gasteiger partial charge is 0.0252 e. The Kier molecular flexibility index (Phi) is 14.0. The van der Waals surface area contributed by atoms with Crippen molar-refractivity contribution < 1.29 is 16.5 Å². The van der Waals surface area contributed by atoms with Crippen molar-refractivity contribution in [3.8, 4) is 0 Å². The van der Waals surface area contributed by atoms with Gasteiger partial charge in [-0.3, -0.25) is 0 Å². The molecule has 2 aliphatic rings. The molecule has 0 aromatic heterocycles. The van der Waals surface area contributed by atoms with Crippen LogP contribution >= 0.6 is 18.8 Å². The Labute approximate surface area is 193 Å². The van der Waals surface area contributed by atoms with Crippen molar-refractivity contribution in [1.29, 1.82) is 0 Å². The molecule has 0 atom stereocenters. The van der Waals surface area contributed by atoms with Gasteiger partial charge in [0.15, 0.2) is 0 Å². The van der Waals surface area contributed by atoms with Crippen LogP contribution in [0, 0.1) is 11.8 Å². The largest absolute Gasteiger partial charge is 0.662 e. The van der Waals surface area contributed by atoms with Crippen LogP contribution in [0.15, 0.2) is 60.7 Å². The summed E-state index contributed by atoms with van der Waals surface area (Å²) in [6, 6.07) is 21.6. The fourth-order valence-corrected chi connectivity index (χ4v) is 3.91. The van der Waals surface area contributed by atoms with E-state index in [1.54, 1.807) is 0 Å². The number of halogens is 2. The fraction of sp³-hybridized carbons (Fsp3) is 0.500. The van der Waals surface area contributed by atoms with Gasteiger partial charge in [-0.2, -0.15) is 0 Å². The predicted molar refractivity (Wildman–Crippen MR) is 124 cm³/mol. The summed E-state index contributed by atoms with van der Waals surface area (Å²) in [6.07, 6.45) is 7.64. The van der Waals surface area contributed by atoms with Gasteiger partial charge >= 0.3 is 35.3 Å². The van der Waals surface area contributed by atoms with E-state index in [4.69, 9.17) is 18.8 Å². The van der Waals surface area contributed by atoms with Crippen LogP contribution < -0.4 is 0 Å². The first kappa shape index (κ1) is 24.9. The third kappa shape index (κ3) is 11.6. The topological polar surface area (TPSA) is 28.2 Å². The maximum Gasteiger partial charge on any atom is -0.0252 e. The summed E-state index contributed by atoms with van der Waals surface area (Å²) in [5, 5.41) is 8.74. The van der Waals surface area contributed by atoms with Crippen LogP contribution in [-0.2, 0) is 29.3 Å². The van der Waals surface area contributed by atoms with Crippen molar-refractivity contribution in [3.63, 3.8) is 0 Å². The molecule has 0 amide bonds. The SMILES string of the molecule is [Cl][Pt+2][Cl].c1ccc(CC2CC[N-]CC2)cc1.c1ccc(CC2CC[N-]CC2)cc1.